The second kappa shape index (κ2) is 7.15. The van der Waals surface area contributed by atoms with Gasteiger partial charge in [0, 0.05) is 39.2 Å². The van der Waals surface area contributed by atoms with Gasteiger partial charge in [-0.1, -0.05) is 15.9 Å². The molecule has 27 heavy (non-hydrogen) atoms. The van der Waals surface area contributed by atoms with Crippen LogP contribution in [0.2, 0.25) is 0 Å². The van der Waals surface area contributed by atoms with Crippen molar-refractivity contribution in [2.24, 2.45) is 0 Å². The van der Waals surface area contributed by atoms with Crippen LogP contribution in [-0.2, 0) is 11.2 Å². The summed E-state index contributed by atoms with van der Waals surface area (Å²) in [6.45, 7) is 1.86. The molecule has 2 heterocycles. The lowest BCUT2D eigenvalue weighted by Gasteiger charge is -2.24. The Balaban J connectivity index is 1.81. The Morgan fingerprint density at radius 2 is 1.93 bits per heavy atom. The summed E-state index contributed by atoms with van der Waals surface area (Å²) in [6, 6.07) is 3.81. The van der Waals surface area contributed by atoms with Crippen molar-refractivity contribution in [3.63, 3.8) is 0 Å². The van der Waals surface area contributed by atoms with E-state index in [0.29, 0.717) is 21.9 Å². The standard InChI is InChI=1S/C21H21BrO5/c1-11-14(6-7-20(23)24)21(25)27-19-9-18-16(8-15(11)19)17(10-26-18)12-2-4-13(22)5-3-12/h8-10,12-13H,2-7H2,1H3,(H,23,24). The highest BCUT2D eigenvalue weighted by molar-refractivity contribution is 9.09. The van der Waals surface area contributed by atoms with Crippen molar-refractivity contribution in [1.82, 2.24) is 0 Å². The molecule has 0 atom stereocenters. The molecule has 0 amide bonds. The van der Waals surface area contributed by atoms with Crippen LogP contribution in [0.5, 0.6) is 0 Å². The number of aryl methyl sites for hydroxylation is 1. The van der Waals surface area contributed by atoms with E-state index in [9.17, 15) is 9.59 Å². The van der Waals surface area contributed by atoms with Crippen LogP contribution in [0.1, 0.15) is 54.7 Å². The molecule has 0 saturated heterocycles. The smallest absolute Gasteiger partial charge is 0.339 e. The van der Waals surface area contributed by atoms with E-state index in [1.807, 2.05) is 19.3 Å². The molecule has 3 aromatic rings. The Kier molecular flexibility index (Phi) is 4.84. The van der Waals surface area contributed by atoms with Gasteiger partial charge in [0.1, 0.15) is 11.2 Å². The maximum absolute atomic E-state index is 12.3. The number of hydrogen-bond donors (Lipinski definition) is 1. The number of furan rings is 1. The molecule has 1 N–H and O–H groups in total. The molecule has 5 nitrogen and oxygen atoms in total. The van der Waals surface area contributed by atoms with Crippen molar-refractivity contribution in [1.29, 1.82) is 0 Å². The summed E-state index contributed by atoms with van der Waals surface area (Å²) in [5.74, 6) is -0.455. The van der Waals surface area contributed by atoms with Crippen LogP contribution in [0.15, 0.2) is 32.0 Å². The molecule has 2 aromatic heterocycles. The SMILES string of the molecule is Cc1c(CCC(=O)O)c(=O)oc2cc3occ(C4CCC(Br)CC4)c3cc12. The van der Waals surface area contributed by atoms with Gasteiger partial charge >= 0.3 is 11.6 Å². The van der Waals surface area contributed by atoms with Gasteiger partial charge in [-0.3, -0.25) is 4.79 Å². The Labute approximate surface area is 164 Å². The summed E-state index contributed by atoms with van der Waals surface area (Å²) in [6.07, 6.45) is 6.46. The van der Waals surface area contributed by atoms with Crippen LogP contribution >= 0.6 is 15.9 Å². The third-order valence-electron chi connectivity index (χ3n) is 5.70. The predicted octanol–water partition coefficient (Wildman–Crippen LogP) is 5.29. The molecular weight excluding hydrogens is 412 g/mol. The lowest BCUT2D eigenvalue weighted by molar-refractivity contribution is -0.136. The summed E-state index contributed by atoms with van der Waals surface area (Å²) in [5, 5.41) is 10.8. The molecule has 142 valence electrons. The second-order valence-electron chi connectivity index (χ2n) is 7.37. The number of fused-ring (bicyclic) bond motifs is 2. The Morgan fingerprint density at radius 3 is 2.63 bits per heavy atom. The Morgan fingerprint density at radius 1 is 1.19 bits per heavy atom. The van der Waals surface area contributed by atoms with Crippen LogP contribution in [0.3, 0.4) is 0 Å². The van der Waals surface area contributed by atoms with Crippen molar-refractivity contribution in [3.05, 3.63) is 45.5 Å². The summed E-state index contributed by atoms with van der Waals surface area (Å²) < 4.78 is 11.2. The quantitative estimate of drug-likeness (QED) is 0.447. The fourth-order valence-corrected chi connectivity index (χ4v) is 4.66. The van der Waals surface area contributed by atoms with Crippen LogP contribution < -0.4 is 5.63 Å². The highest BCUT2D eigenvalue weighted by Gasteiger charge is 2.24. The van der Waals surface area contributed by atoms with Gasteiger partial charge in [0.05, 0.1) is 6.26 Å². The number of alkyl halides is 1. The average Bonchev–Trinajstić information content (AvgIpc) is 3.03. The van der Waals surface area contributed by atoms with Crippen molar-refractivity contribution >= 4 is 43.8 Å². The highest BCUT2D eigenvalue weighted by atomic mass is 79.9. The molecule has 1 aliphatic rings. The van der Waals surface area contributed by atoms with Crippen molar-refractivity contribution in [2.45, 2.75) is 56.2 Å². The molecule has 0 spiro atoms. The average molecular weight is 433 g/mol. The first-order chi connectivity index (χ1) is 12.9. The molecule has 1 aliphatic carbocycles. The van der Waals surface area contributed by atoms with Gasteiger partial charge in [-0.25, -0.2) is 4.79 Å². The van der Waals surface area contributed by atoms with E-state index < -0.39 is 11.6 Å². The minimum atomic E-state index is -0.927. The van der Waals surface area contributed by atoms with E-state index in [0.717, 1.165) is 47.6 Å². The highest BCUT2D eigenvalue weighted by Crippen LogP contribution is 2.40. The monoisotopic (exact) mass is 432 g/mol. The lowest BCUT2D eigenvalue weighted by Crippen LogP contribution is -2.13. The van der Waals surface area contributed by atoms with Gasteiger partial charge in [-0.05, 0) is 56.6 Å². The maximum Gasteiger partial charge on any atom is 0.339 e. The second-order valence-corrected chi connectivity index (χ2v) is 8.67. The molecule has 6 heteroatoms. The number of rotatable bonds is 4. The lowest BCUT2D eigenvalue weighted by atomic mass is 9.84. The molecular formula is C21H21BrO5. The first-order valence-corrected chi connectivity index (χ1v) is 10.2. The number of carboxylic acids is 1. The minimum absolute atomic E-state index is 0.0912. The predicted molar refractivity (Wildman–Crippen MR) is 107 cm³/mol. The zero-order valence-electron chi connectivity index (χ0n) is 15.1. The van der Waals surface area contributed by atoms with Crippen LogP contribution in [0.25, 0.3) is 21.9 Å². The largest absolute Gasteiger partial charge is 0.481 e. The van der Waals surface area contributed by atoms with Gasteiger partial charge in [0.25, 0.3) is 0 Å². The molecule has 1 aromatic carbocycles. The fourth-order valence-electron chi connectivity index (χ4n) is 4.13. The Hall–Kier alpha value is -2.08. The molecule has 0 aliphatic heterocycles. The van der Waals surface area contributed by atoms with Crippen LogP contribution in [0, 0.1) is 6.92 Å². The summed E-state index contributed by atoms with van der Waals surface area (Å²) in [7, 11) is 0. The maximum atomic E-state index is 12.3. The van der Waals surface area contributed by atoms with Gasteiger partial charge in [0.15, 0.2) is 0 Å². The van der Waals surface area contributed by atoms with E-state index in [1.165, 1.54) is 5.56 Å². The third-order valence-corrected chi connectivity index (χ3v) is 6.61. The van der Waals surface area contributed by atoms with E-state index in [2.05, 4.69) is 15.9 Å². The summed E-state index contributed by atoms with van der Waals surface area (Å²) in [4.78, 5) is 23.8. The summed E-state index contributed by atoms with van der Waals surface area (Å²) >= 11 is 3.70. The minimum Gasteiger partial charge on any atom is -0.481 e. The van der Waals surface area contributed by atoms with Crippen molar-refractivity contribution in [3.8, 4) is 0 Å². The van der Waals surface area contributed by atoms with E-state index in [4.69, 9.17) is 13.9 Å². The molecule has 1 fully saturated rings. The van der Waals surface area contributed by atoms with Crippen molar-refractivity contribution < 1.29 is 18.7 Å². The van der Waals surface area contributed by atoms with Crippen LogP contribution in [0.4, 0.5) is 0 Å². The third kappa shape index (κ3) is 3.43. The van der Waals surface area contributed by atoms with Crippen LogP contribution in [-0.4, -0.2) is 15.9 Å². The number of carbonyl (C=O) groups is 1. The first kappa shape index (κ1) is 18.3. The number of carboxylic acid groups (broad SMARTS) is 1. The zero-order chi connectivity index (χ0) is 19.1. The van der Waals surface area contributed by atoms with E-state index in [-0.39, 0.29) is 12.8 Å². The Bertz CT molecular complexity index is 1070. The van der Waals surface area contributed by atoms with E-state index >= 15 is 0 Å². The zero-order valence-corrected chi connectivity index (χ0v) is 16.7. The van der Waals surface area contributed by atoms with Gasteiger partial charge in [-0.2, -0.15) is 0 Å². The normalized spacial score (nSPS) is 20.4. The molecule has 0 radical (unpaired) electrons. The van der Waals surface area contributed by atoms with Gasteiger partial charge in [-0.15, -0.1) is 0 Å². The first-order valence-electron chi connectivity index (χ1n) is 9.27. The molecule has 4 rings (SSSR count). The number of benzene rings is 1. The van der Waals surface area contributed by atoms with Gasteiger partial charge < -0.3 is 13.9 Å². The molecule has 1 saturated carbocycles. The van der Waals surface area contributed by atoms with Gasteiger partial charge in [0.2, 0.25) is 0 Å². The van der Waals surface area contributed by atoms with E-state index in [1.54, 1.807) is 6.07 Å². The molecule has 0 unspecified atom stereocenters. The fraction of sp³-hybridized carbons (Fsp3) is 0.429. The number of aliphatic carboxylic acids is 1. The van der Waals surface area contributed by atoms with Crippen molar-refractivity contribution in [2.75, 3.05) is 0 Å². The number of hydrogen-bond acceptors (Lipinski definition) is 4. The molecule has 0 bridgehead atoms. The topological polar surface area (TPSA) is 80.6 Å². The number of halogens is 1. The summed E-state index contributed by atoms with van der Waals surface area (Å²) in [5.41, 5.74) is 3.18.